The second-order valence-electron chi connectivity index (χ2n) is 3.06. The van der Waals surface area contributed by atoms with Crippen molar-refractivity contribution in [2.75, 3.05) is 0 Å². The summed E-state index contributed by atoms with van der Waals surface area (Å²) in [7, 11) is 0. The Balaban J connectivity index is 0.00000112. The summed E-state index contributed by atoms with van der Waals surface area (Å²) in [6.45, 7) is 0. The van der Waals surface area contributed by atoms with E-state index in [1.807, 2.05) is 60.7 Å². The number of ketones is 1. The summed E-state index contributed by atoms with van der Waals surface area (Å²) in [4.78, 5) is 11.8. The van der Waals surface area contributed by atoms with Gasteiger partial charge in [0.1, 0.15) is 0 Å². The summed E-state index contributed by atoms with van der Waals surface area (Å²) >= 11 is 0. The summed E-state index contributed by atoms with van der Waals surface area (Å²) in [5, 5.41) is 0. The zero-order chi connectivity index (χ0) is 9.80. The van der Waals surface area contributed by atoms with Crippen molar-refractivity contribution >= 4 is 43.5 Å². The van der Waals surface area contributed by atoms with Gasteiger partial charge in [-0.05, 0) is 0 Å². The predicted molar refractivity (Wildman–Crippen MR) is 67.8 cm³/mol. The van der Waals surface area contributed by atoms with E-state index in [2.05, 4.69) is 0 Å². The Kier molecular flexibility index (Phi) is 7.23. The van der Waals surface area contributed by atoms with Crippen molar-refractivity contribution in [2.45, 2.75) is 0 Å². The topological polar surface area (TPSA) is 17.1 Å². The summed E-state index contributed by atoms with van der Waals surface area (Å²) in [5.41, 5.74) is 1.47. The minimum absolute atomic E-state index is 0. The van der Waals surface area contributed by atoms with Crippen LogP contribution in [0.15, 0.2) is 60.7 Å². The third-order valence-electron chi connectivity index (χ3n) is 2.07. The number of carbonyl (C=O) groups excluding carboxylic acids is 1. The SMILES string of the molecule is O=C(c1ccccc1)c1ccccc1.[Li].[Li]. The number of hydrogen-bond acceptors (Lipinski definition) is 1. The van der Waals surface area contributed by atoms with Crippen molar-refractivity contribution in [1.82, 2.24) is 0 Å². The molecule has 0 amide bonds. The van der Waals surface area contributed by atoms with Crippen LogP contribution in [0, 0.1) is 0 Å². The molecular formula is C13H10Li2O. The molecule has 0 aliphatic carbocycles. The van der Waals surface area contributed by atoms with E-state index < -0.39 is 0 Å². The molecule has 0 aliphatic heterocycles. The molecular weight excluding hydrogens is 186 g/mol. The van der Waals surface area contributed by atoms with Gasteiger partial charge in [0.15, 0.2) is 5.78 Å². The molecule has 0 unspecified atom stereocenters. The van der Waals surface area contributed by atoms with E-state index in [1.54, 1.807) is 0 Å². The molecule has 3 heteroatoms. The van der Waals surface area contributed by atoms with E-state index in [1.165, 1.54) is 0 Å². The Labute approximate surface area is 120 Å². The first kappa shape index (κ1) is 15.3. The first-order valence-electron chi connectivity index (χ1n) is 4.53. The van der Waals surface area contributed by atoms with Crippen LogP contribution in [0.2, 0.25) is 0 Å². The molecule has 0 bridgehead atoms. The molecule has 1 nitrogen and oxygen atoms in total. The average molecular weight is 196 g/mol. The second kappa shape index (κ2) is 7.56. The van der Waals surface area contributed by atoms with Gasteiger partial charge in [-0.2, -0.15) is 0 Å². The molecule has 2 rings (SSSR count). The van der Waals surface area contributed by atoms with Gasteiger partial charge in [0.05, 0.1) is 0 Å². The number of benzene rings is 2. The molecule has 2 aromatic rings. The molecule has 0 saturated heterocycles. The Hall–Kier alpha value is -0.695. The Morgan fingerprint density at radius 2 is 0.938 bits per heavy atom. The number of hydrogen-bond donors (Lipinski definition) is 0. The number of rotatable bonds is 2. The van der Waals surface area contributed by atoms with Gasteiger partial charge >= 0.3 is 0 Å². The molecule has 0 heterocycles. The molecule has 2 radical (unpaired) electrons. The molecule has 70 valence electrons. The van der Waals surface area contributed by atoms with Gasteiger partial charge in [0.2, 0.25) is 0 Å². The van der Waals surface area contributed by atoms with Crippen LogP contribution in [-0.2, 0) is 0 Å². The zero-order valence-corrected chi connectivity index (χ0v) is 9.68. The van der Waals surface area contributed by atoms with Gasteiger partial charge in [-0.15, -0.1) is 0 Å². The van der Waals surface area contributed by atoms with Crippen molar-refractivity contribution < 1.29 is 4.79 Å². The Morgan fingerprint density at radius 1 is 0.625 bits per heavy atom. The van der Waals surface area contributed by atoms with E-state index in [4.69, 9.17) is 0 Å². The van der Waals surface area contributed by atoms with E-state index in [0.717, 1.165) is 11.1 Å². The van der Waals surface area contributed by atoms with Crippen LogP contribution >= 0.6 is 0 Å². The summed E-state index contributed by atoms with van der Waals surface area (Å²) in [6, 6.07) is 18.6. The molecule has 16 heavy (non-hydrogen) atoms. The van der Waals surface area contributed by atoms with E-state index in [9.17, 15) is 4.79 Å². The van der Waals surface area contributed by atoms with Crippen molar-refractivity contribution in [3.05, 3.63) is 71.8 Å². The summed E-state index contributed by atoms with van der Waals surface area (Å²) < 4.78 is 0. The van der Waals surface area contributed by atoms with Crippen LogP contribution in [0.3, 0.4) is 0 Å². The van der Waals surface area contributed by atoms with Crippen LogP contribution < -0.4 is 0 Å². The molecule has 0 atom stereocenters. The van der Waals surface area contributed by atoms with Gasteiger partial charge < -0.3 is 0 Å². The molecule has 0 spiro atoms. The van der Waals surface area contributed by atoms with Crippen molar-refractivity contribution in [2.24, 2.45) is 0 Å². The normalized spacial score (nSPS) is 8.50. The molecule has 0 N–H and O–H groups in total. The molecule has 0 aliphatic rings. The second-order valence-corrected chi connectivity index (χ2v) is 3.06. The summed E-state index contributed by atoms with van der Waals surface area (Å²) in [5.74, 6) is 0.0752. The molecule has 0 fully saturated rings. The Morgan fingerprint density at radius 3 is 1.25 bits per heavy atom. The van der Waals surface area contributed by atoms with Crippen molar-refractivity contribution in [3.8, 4) is 0 Å². The van der Waals surface area contributed by atoms with Crippen LogP contribution in [0.25, 0.3) is 0 Å². The van der Waals surface area contributed by atoms with Crippen molar-refractivity contribution in [1.29, 1.82) is 0 Å². The monoisotopic (exact) mass is 196 g/mol. The minimum atomic E-state index is 0. The van der Waals surface area contributed by atoms with Gasteiger partial charge in [-0.1, -0.05) is 60.7 Å². The van der Waals surface area contributed by atoms with E-state index >= 15 is 0 Å². The van der Waals surface area contributed by atoms with E-state index in [-0.39, 0.29) is 43.5 Å². The maximum Gasteiger partial charge on any atom is 0.193 e. The fourth-order valence-corrected chi connectivity index (χ4v) is 1.35. The third-order valence-corrected chi connectivity index (χ3v) is 2.07. The Bertz CT molecular complexity index is 385. The summed E-state index contributed by atoms with van der Waals surface area (Å²) in [6.07, 6.45) is 0. The smallest absolute Gasteiger partial charge is 0.193 e. The van der Waals surface area contributed by atoms with E-state index in [0.29, 0.717) is 0 Å². The molecule has 2 aromatic carbocycles. The maximum absolute atomic E-state index is 11.8. The number of carbonyl (C=O) groups is 1. The van der Waals surface area contributed by atoms with Gasteiger partial charge in [0.25, 0.3) is 0 Å². The van der Waals surface area contributed by atoms with Crippen LogP contribution in [-0.4, -0.2) is 43.5 Å². The molecule has 0 aromatic heterocycles. The fraction of sp³-hybridized carbons (Fsp3) is 0. The van der Waals surface area contributed by atoms with Crippen LogP contribution in [0.5, 0.6) is 0 Å². The fourth-order valence-electron chi connectivity index (χ4n) is 1.35. The van der Waals surface area contributed by atoms with Crippen LogP contribution in [0.1, 0.15) is 15.9 Å². The first-order valence-corrected chi connectivity index (χ1v) is 4.53. The zero-order valence-electron chi connectivity index (χ0n) is 9.68. The van der Waals surface area contributed by atoms with Gasteiger partial charge in [-0.3, -0.25) is 4.79 Å². The van der Waals surface area contributed by atoms with Crippen molar-refractivity contribution in [3.63, 3.8) is 0 Å². The van der Waals surface area contributed by atoms with Gasteiger partial charge in [0, 0.05) is 48.8 Å². The quantitative estimate of drug-likeness (QED) is 0.531. The minimum Gasteiger partial charge on any atom is -0.289 e. The largest absolute Gasteiger partial charge is 0.289 e. The third kappa shape index (κ3) is 3.71. The average Bonchev–Trinajstić information content (AvgIpc) is 2.30. The van der Waals surface area contributed by atoms with Crippen LogP contribution in [0.4, 0.5) is 0 Å². The van der Waals surface area contributed by atoms with Gasteiger partial charge in [-0.25, -0.2) is 0 Å². The molecule has 0 saturated carbocycles. The standard InChI is InChI=1S/C13H10O.2Li/c14-13(11-7-3-1-4-8-11)12-9-5-2-6-10-12;;/h1-10H;;. The first-order chi connectivity index (χ1) is 6.88. The maximum atomic E-state index is 11.8. The predicted octanol–water partition coefficient (Wildman–Crippen LogP) is 2.16.